The van der Waals surface area contributed by atoms with Crippen molar-refractivity contribution in [3.8, 4) is 11.4 Å². The van der Waals surface area contributed by atoms with Gasteiger partial charge in [-0.3, -0.25) is 0 Å². The molecule has 0 unspecified atom stereocenters. The van der Waals surface area contributed by atoms with Crippen LogP contribution in [-0.4, -0.2) is 28.0 Å². The maximum atomic E-state index is 6.09. The van der Waals surface area contributed by atoms with Crippen molar-refractivity contribution in [1.29, 1.82) is 0 Å². The van der Waals surface area contributed by atoms with Crippen molar-refractivity contribution in [1.82, 2.24) is 15.0 Å². The Bertz CT molecular complexity index is 651. The molecule has 0 saturated heterocycles. The summed E-state index contributed by atoms with van der Waals surface area (Å²) in [7, 11) is 0. The summed E-state index contributed by atoms with van der Waals surface area (Å²) in [5.41, 5.74) is 4.64. The minimum Gasteiger partial charge on any atom is -0.341 e. The van der Waals surface area contributed by atoms with Gasteiger partial charge < -0.3 is 4.90 Å². The van der Waals surface area contributed by atoms with Crippen molar-refractivity contribution in [2.45, 2.75) is 34.6 Å². The molecule has 0 N–H and O–H groups in total. The molecule has 0 aliphatic rings. The van der Waals surface area contributed by atoms with Gasteiger partial charge in [-0.2, -0.15) is 15.0 Å². The molecule has 1 aromatic carbocycles. The Labute approximate surface area is 131 Å². The fraction of sp³-hybridized carbons (Fsp3) is 0.438. The second-order valence-electron chi connectivity index (χ2n) is 5.15. The van der Waals surface area contributed by atoms with E-state index >= 15 is 0 Å². The number of hydrogen-bond donors (Lipinski definition) is 0. The summed E-state index contributed by atoms with van der Waals surface area (Å²) in [6.07, 6.45) is 0. The van der Waals surface area contributed by atoms with Gasteiger partial charge in [0.05, 0.1) is 0 Å². The van der Waals surface area contributed by atoms with Gasteiger partial charge in [-0.15, -0.1) is 0 Å². The third-order valence-electron chi connectivity index (χ3n) is 3.72. The molecule has 0 spiro atoms. The van der Waals surface area contributed by atoms with Crippen LogP contribution in [0.5, 0.6) is 0 Å². The maximum Gasteiger partial charge on any atom is 0.230 e. The van der Waals surface area contributed by atoms with Crippen LogP contribution in [0, 0.1) is 20.8 Å². The van der Waals surface area contributed by atoms with Crippen LogP contribution in [0.1, 0.15) is 30.5 Å². The smallest absolute Gasteiger partial charge is 0.230 e. The summed E-state index contributed by atoms with van der Waals surface area (Å²) in [6.45, 7) is 12.1. The number of hydrogen-bond acceptors (Lipinski definition) is 4. The number of rotatable bonds is 4. The Balaban J connectivity index is 2.57. The quantitative estimate of drug-likeness (QED) is 0.857. The predicted molar refractivity (Wildman–Crippen MR) is 88.0 cm³/mol. The summed E-state index contributed by atoms with van der Waals surface area (Å²) in [6, 6.07) is 4.27. The van der Waals surface area contributed by atoms with E-state index in [-0.39, 0.29) is 5.28 Å². The fourth-order valence-corrected chi connectivity index (χ4v) is 2.47. The molecule has 0 aliphatic carbocycles. The van der Waals surface area contributed by atoms with E-state index in [1.54, 1.807) is 0 Å². The number of anilines is 1. The lowest BCUT2D eigenvalue weighted by molar-refractivity contribution is 0.813. The van der Waals surface area contributed by atoms with Crippen LogP contribution in [0.4, 0.5) is 5.95 Å². The van der Waals surface area contributed by atoms with E-state index in [4.69, 9.17) is 11.6 Å². The maximum absolute atomic E-state index is 6.09. The Hall–Kier alpha value is -1.68. The Morgan fingerprint density at radius 1 is 0.905 bits per heavy atom. The SMILES string of the molecule is CCN(CC)c1nc(Cl)nc(-c2cc(C)c(C)cc2C)n1. The first-order chi connectivity index (χ1) is 9.96. The van der Waals surface area contributed by atoms with Gasteiger partial charge in [0.15, 0.2) is 5.82 Å². The highest BCUT2D eigenvalue weighted by Gasteiger charge is 2.13. The standard InChI is InChI=1S/C16H21ClN4/c1-6-21(7-2)16-19-14(18-15(17)20-16)13-9-11(4)10(3)8-12(13)5/h8-9H,6-7H2,1-5H3. The van der Waals surface area contributed by atoms with E-state index in [0.717, 1.165) is 24.2 Å². The average Bonchev–Trinajstić information content (AvgIpc) is 2.43. The Morgan fingerprint density at radius 3 is 2.14 bits per heavy atom. The number of aromatic nitrogens is 3. The molecule has 0 atom stereocenters. The van der Waals surface area contributed by atoms with Crippen LogP contribution >= 0.6 is 11.6 Å². The molecular formula is C16H21ClN4. The van der Waals surface area contributed by atoms with Crippen molar-refractivity contribution in [3.63, 3.8) is 0 Å². The molecule has 0 fully saturated rings. The molecule has 112 valence electrons. The van der Waals surface area contributed by atoms with Gasteiger partial charge in [-0.1, -0.05) is 6.07 Å². The first-order valence-corrected chi connectivity index (χ1v) is 7.58. The van der Waals surface area contributed by atoms with E-state index < -0.39 is 0 Å². The fourth-order valence-electron chi connectivity index (χ4n) is 2.31. The molecule has 0 radical (unpaired) electrons. The number of benzene rings is 1. The molecule has 0 aliphatic heterocycles. The molecule has 2 rings (SSSR count). The normalized spacial score (nSPS) is 10.8. The number of halogens is 1. The zero-order valence-electron chi connectivity index (χ0n) is 13.2. The van der Waals surface area contributed by atoms with Crippen LogP contribution in [-0.2, 0) is 0 Å². The summed E-state index contributed by atoms with van der Waals surface area (Å²) in [4.78, 5) is 15.2. The second-order valence-corrected chi connectivity index (χ2v) is 5.49. The van der Waals surface area contributed by atoms with Gasteiger partial charge in [0, 0.05) is 18.7 Å². The average molecular weight is 305 g/mol. The van der Waals surface area contributed by atoms with Crippen molar-refractivity contribution in [2.75, 3.05) is 18.0 Å². The largest absolute Gasteiger partial charge is 0.341 e. The summed E-state index contributed by atoms with van der Waals surface area (Å²) in [5, 5.41) is 0.236. The monoisotopic (exact) mass is 304 g/mol. The van der Waals surface area contributed by atoms with E-state index in [0.29, 0.717) is 11.8 Å². The molecular weight excluding hydrogens is 284 g/mol. The van der Waals surface area contributed by atoms with Crippen LogP contribution < -0.4 is 4.90 Å². The lowest BCUT2D eigenvalue weighted by Crippen LogP contribution is -2.24. The molecule has 1 aromatic heterocycles. The van der Waals surface area contributed by atoms with Gasteiger partial charge in [0.1, 0.15) is 0 Å². The van der Waals surface area contributed by atoms with Crippen LogP contribution in [0.15, 0.2) is 12.1 Å². The molecule has 0 saturated carbocycles. The zero-order valence-corrected chi connectivity index (χ0v) is 14.0. The summed E-state index contributed by atoms with van der Waals surface area (Å²) in [5.74, 6) is 1.27. The lowest BCUT2D eigenvalue weighted by atomic mass is 10.0. The molecule has 4 nitrogen and oxygen atoms in total. The number of aryl methyl sites for hydroxylation is 3. The Morgan fingerprint density at radius 2 is 1.52 bits per heavy atom. The molecule has 5 heteroatoms. The van der Waals surface area contributed by atoms with Gasteiger partial charge in [0.2, 0.25) is 11.2 Å². The van der Waals surface area contributed by atoms with Crippen molar-refractivity contribution >= 4 is 17.5 Å². The highest BCUT2D eigenvalue weighted by atomic mass is 35.5. The molecule has 0 amide bonds. The molecule has 0 bridgehead atoms. The zero-order chi connectivity index (χ0) is 15.6. The Kier molecular flexibility index (Phi) is 4.78. The topological polar surface area (TPSA) is 41.9 Å². The third-order valence-corrected chi connectivity index (χ3v) is 3.89. The third kappa shape index (κ3) is 3.32. The first kappa shape index (κ1) is 15.7. The van der Waals surface area contributed by atoms with Crippen LogP contribution in [0.2, 0.25) is 5.28 Å². The minimum atomic E-state index is 0.236. The van der Waals surface area contributed by atoms with Gasteiger partial charge in [0.25, 0.3) is 0 Å². The second kappa shape index (κ2) is 6.39. The minimum absolute atomic E-state index is 0.236. The van der Waals surface area contributed by atoms with E-state index in [1.165, 1.54) is 11.1 Å². The van der Waals surface area contributed by atoms with Crippen LogP contribution in [0.3, 0.4) is 0 Å². The molecule has 1 heterocycles. The summed E-state index contributed by atoms with van der Waals surface area (Å²) >= 11 is 6.09. The predicted octanol–water partition coefficient (Wildman–Crippen LogP) is 3.96. The summed E-state index contributed by atoms with van der Waals surface area (Å²) < 4.78 is 0. The highest BCUT2D eigenvalue weighted by molar-refractivity contribution is 6.28. The van der Waals surface area contributed by atoms with Gasteiger partial charge in [-0.25, -0.2) is 0 Å². The number of nitrogens with zero attached hydrogens (tertiary/aromatic N) is 4. The first-order valence-electron chi connectivity index (χ1n) is 7.21. The van der Waals surface area contributed by atoms with Crippen molar-refractivity contribution < 1.29 is 0 Å². The highest BCUT2D eigenvalue weighted by Crippen LogP contribution is 2.25. The van der Waals surface area contributed by atoms with E-state index in [2.05, 4.69) is 66.6 Å². The molecule has 2 aromatic rings. The van der Waals surface area contributed by atoms with E-state index in [1.807, 2.05) is 0 Å². The van der Waals surface area contributed by atoms with Crippen molar-refractivity contribution in [3.05, 3.63) is 34.1 Å². The van der Waals surface area contributed by atoms with Crippen molar-refractivity contribution in [2.24, 2.45) is 0 Å². The van der Waals surface area contributed by atoms with Crippen LogP contribution in [0.25, 0.3) is 11.4 Å². The molecule has 21 heavy (non-hydrogen) atoms. The van der Waals surface area contributed by atoms with Gasteiger partial charge >= 0.3 is 0 Å². The lowest BCUT2D eigenvalue weighted by Gasteiger charge is -2.19. The van der Waals surface area contributed by atoms with E-state index in [9.17, 15) is 0 Å². The van der Waals surface area contributed by atoms with Gasteiger partial charge in [-0.05, 0) is 69.0 Å².